The average Bonchev–Trinajstić information content (AvgIpc) is 2.90. The van der Waals surface area contributed by atoms with Gasteiger partial charge in [0.2, 0.25) is 0 Å². The van der Waals surface area contributed by atoms with E-state index in [1.54, 1.807) is 12.5 Å². The predicted octanol–water partition coefficient (Wildman–Crippen LogP) is 2.41. The molecule has 0 spiro atoms. The van der Waals surface area contributed by atoms with Crippen LogP contribution in [-0.2, 0) is 11.2 Å². The predicted molar refractivity (Wildman–Crippen MR) is 72.0 cm³/mol. The van der Waals surface area contributed by atoms with Crippen LogP contribution in [0.3, 0.4) is 0 Å². The molecule has 4 nitrogen and oxygen atoms in total. The second-order valence-corrected chi connectivity index (χ2v) is 4.41. The number of hydrogen-bond acceptors (Lipinski definition) is 3. The molecule has 0 bridgehead atoms. The summed E-state index contributed by atoms with van der Waals surface area (Å²) in [6.45, 7) is 1.98. The van der Waals surface area contributed by atoms with E-state index < -0.39 is 0 Å². The Bertz CT molecular complexity index is 493. The lowest BCUT2D eigenvalue weighted by atomic mass is 10.1. The quantitative estimate of drug-likeness (QED) is 0.866. The maximum Gasteiger partial charge on any atom is 0.258 e. The molecule has 2 aromatic rings. The second-order valence-electron chi connectivity index (χ2n) is 4.41. The molecule has 0 radical (unpaired) electrons. The summed E-state index contributed by atoms with van der Waals surface area (Å²) in [5.41, 5.74) is 1.07. The van der Waals surface area contributed by atoms with Crippen molar-refractivity contribution in [2.45, 2.75) is 19.4 Å². The summed E-state index contributed by atoms with van der Waals surface area (Å²) in [5.74, 6) is 0.569. The third-order valence-corrected chi connectivity index (χ3v) is 2.64. The van der Waals surface area contributed by atoms with Crippen LogP contribution in [0.25, 0.3) is 0 Å². The summed E-state index contributed by atoms with van der Waals surface area (Å²) >= 11 is 0. The molecule has 1 N–H and O–H groups in total. The fraction of sp³-hybridized carbons (Fsp3) is 0.267. The molecule has 1 atom stereocenters. The van der Waals surface area contributed by atoms with Gasteiger partial charge in [-0.25, -0.2) is 0 Å². The number of rotatable bonds is 6. The molecular weight excluding hydrogens is 242 g/mol. The summed E-state index contributed by atoms with van der Waals surface area (Å²) in [5, 5.41) is 2.88. The maximum atomic E-state index is 11.7. The molecule has 1 aromatic heterocycles. The van der Waals surface area contributed by atoms with E-state index >= 15 is 0 Å². The van der Waals surface area contributed by atoms with E-state index in [0.717, 1.165) is 12.0 Å². The van der Waals surface area contributed by atoms with Crippen molar-refractivity contribution in [3.63, 3.8) is 0 Å². The van der Waals surface area contributed by atoms with Gasteiger partial charge in [0.05, 0.1) is 12.5 Å². The van der Waals surface area contributed by atoms with Crippen molar-refractivity contribution in [3.05, 3.63) is 54.5 Å². The maximum absolute atomic E-state index is 11.7. The molecule has 0 fully saturated rings. The molecule has 19 heavy (non-hydrogen) atoms. The van der Waals surface area contributed by atoms with Crippen LogP contribution in [0.2, 0.25) is 0 Å². The van der Waals surface area contributed by atoms with E-state index in [1.165, 1.54) is 0 Å². The standard InChI is InChI=1S/C15H17NO3/c1-12(9-13-7-8-18-10-13)16-15(17)11-19-14-5-3-2-4-6-14/h2-8,10,12H,9,11H2,1H3,(H,16,17). The molecule has 0 aliphatic carbocycles. The minimum atomic E-state index is -0.125. The Kier molecular flexibility index (Phi) is 4.61. The highest BCUT2D eigenvalue weighted by Gasteiger charge is 2.09. The third kappa shape index (κ3) is 4.50. The Morgan fingerprint density at radius 2 is 2.11 bits per heavy atom. The van der Waals surface area contributed by atoms with E-state index in [1.807, 2.05) is 43.3 Å². The summed E-state index contributed by atoms with van der Waals surface area (Å²) in [6, 6.07) is 11.2. The Hall–Kier alpha value is -2.23. The second kappa shape index (κ2) is 6.64. The SMILES string of the molecule is CC(Cc1ccoc1)NC(=O)COc1ccccc1. The van der Waals surface area contributed by atoms with E-state index in [0.29, 0.717) is 5.75 Å². The zero-order chi connectivity index (χ0) is 13.5. The minimum Gasteiger partial charge on any atom is -0.484 e. The summed E-state index contributed by atoms with van der Waals surface area (Å²) in [7, 11) is 0. The zero-order valence-corrected chi connectivity index (χ0v) is 10.8. The highest BCUT2D eigenvalue weighted by molar-refractivity contribution is 5.77. The number of nitrogens with one attached hydrogen (secondary N) is 1. The van der Waals surface area contributed by atoms with Crippen LogP contribution in [0.5, 0.6) is 5.75 Å². The minimum absolute atomic E-state index is 0.0275. The van der Waals surface area contributed by atoms with E-state index in [4.69, 9.17) is 9.15 Å². The Labute approximate surface area is 112 Å². The highest BCUT2D eigenvalue weighted by Crippen LogP contribution is 2.08. The van der Waals surface area contributed by atoms with Crippen molar-refractivity contribution in [1.29, 1.82) is 0 Å². The molecule has 4 heteroatoms. The van der Waals surface area contributed by atoms with Gasteiger partial charge in [-0.1, -0.05) is 18.2 Å². The molecule has 0 saturated carbocycles. The Morgan fingerprint density at radius 1 is 1.32 bits per heavy atom. The molecule has 0 saturated heterocycles. The lowest BCUT2D eigenvalue weighted by Crippen LogP contribution is -2.37. The van der Waals surface area contributed by atoms with Gasteiger partial charge >= 0.3 is 0 Å². The lowest BCUT2D eigenvalue weighted by molar-refractivity contribution is -0.123. The van der Waals surface area contributed by atoms with Crippen LogP contribution in [0.4, 0.5) is 0 Å². The fourth-order valence-corrected chi connectivity index (χ4v) is 1.80. The lowest BCUT2D eigenvalue weighted by Gasteiger charge is -2.13. The number of furan rings is 1. The van der Waals surface area contributed by atoms with Gasteiger partial charge in [0.25, 0.3) is 5.91 Å². The fourth-order valence-electron chi connectivity index (χ4n) is 1.80. The molecule has 1 heterocycles. The van der Waals surface area contributed by atoms with Crippen molar-refractivity contribution >= 4 is 5.91 Å². The number of amides is 1. The molecular formula is C15H17NO3. The molecule has 100 valence electrons. The number of ether oxygens (including phenoxy) is 1. The molecule has 0 aliphatic heterocycles. The first-order valence-corrected chi connectivity index (χ1v) is 6.22. The zero-order valence-electron chi connectivity index (χ0n) is 10.8. The van der Waals surface area contributed by atoms with Crippen LogP contribution in [0, 0.1) is 0 Å². The first-order chi connectivity index (χ1) is 9.24. The van der Waals surface area contributed by atoms with Crippen LogP contribution in [-0.4, -0.2) is 18.6 Å². The van der Waals surface area contributed by atoms with Gasteiger partial charge in [0.1, 0.15) is 5.75 Å². The van der Waals surface area contributed by atoms with Crippen molar-refractivity contribution < 1.29 is 13.9 Å². The van der Waals surface area contributed by atoms with Crippen molar-refractivity contribution in [2.75, 3.05) is 6.61 Å². The number of para-hydroxylation sites is 1. The van der Waals surface area contributed by atoms with Crippen molar-refractivity contribution in [1.82, 2.24) is 5.32 Å². The van der Waals surface area contributed by atoms with Gasteiger partial charge in [-0.3, -0.25) is 4.79 Å². The smallest absolute Gasteiger partial charge is 0.258 e. The Morgan fingerprint density at radius 3 is 2.79 bits per heavy atom. The van der Waals surface area contributed by atoms with E-state index in [-0.39, 0.29) is 18.6 Å². The molecule has 1 unspecified atom stereocenters. The van der Waals surface area contributed by atoms with Crippen molar-refractivity contribution in [3.8, 4) is 5.75 Å². The largest absolute Gasteiger partial charge is 0.484 e. The summed E-state index contributed by atoms with van der Waals surface area (Å²) in [6.07, 6.45) is 4.05. The van der Waals surface area contributed by atoms with Crippen molar-refractivity contribution in [2.24, 2.45) is 0 Å². The van der Waals surface area contributed by atoms with Crippen LogP contribution in [0.1, 0.15) is 12.5 Å². The molecule has 0 aliphatic rings. The van der Waals surface area contributed by atoms with Crippen LogP contribution in [0.15, 0.2) is 53.3 Å². The van der Waals surface area contributed by atoms with E-state index in [9.17, 15) is 4.79 Å². The van der Waals surface area contributed by atoms with Crippen LogP contribution < -0.4 is 10.1 Å². The number of hydrogen-bond donors (Lipinski definition) is 1. The van der Waals surface area contributed by atoms with Crippen LogP contribution >= 0.6 is 0 Å². The normalized spacial score (nSPS) is 11.8. The van der Waals surface area contributed by atoms with Gasteiger partial charge in [0, 0.05) is 6.04 Å². The van der Waals surface area contributed by atoms with Gasteiger partial charge in [-0.15, -0.1) is 0 Å². The number of benzene rings is 1. The summed E-state index contributed by atoms with van der Waals surface area (Å²) in [4.78, 5) is 11.7. The third-order valence-electron chi connectivity index (χ3n) is 2.64. The van der Waals surface area contributed by atoms with E-state index in [2.05, 4.69) is 5.32 Å². The molecule has 1 amide bonds. The molecule has 1 aromatic carbocycles. The average molecular weight is 259 g/mol. The van der Waals surface area contributed by atoms with Gasteiger partial charge in [0.15, 0.2) is 6.61 Å². The molecule has 2 rings (SSSR count). The highest BCUT2D eigenvalue weighted by atomic mass is 16.5. The number of carbonyl (C=O) groups is 1. The Balaban J connectivity index is 1.72. The summed E-state index contributed by atoms with van der Waals surface area (Å²) < 4.78 is 10.4. The monoisotopic (exact) mass is 259 g/mol. The number of carbonyl (C=O) groups excluding carboxylic acids is 1. The first kappa shape index (κ1) is 13.2. The van der Waals surface area contributed by atoms with Gasteiger partial charge in [-0.2, -0.15) is 0 Å². The topological polar surface area (TPSA) is 51.5 Å². The van der Waals surface area contributed by atoms with Gasteiger partial charge < -0.3 is 14.5 Å². The first-order valence-electron chi connectivity index (χ1n) is 6.22. The van der Waals surface area contributed by atoms with Gasteiger partial charge in [-0.05, 0) is 37.1 Å².